The van der Waals surface area contributed by atoms with Crippen LogP contribution in [0.25, 0.3) is 11.6 Å². The third kappa shape index (κ3) is 3.58. The van der Waals surface area contributed by atoms with Crippen molar-refractivity contribution in [1.29, 1.82) is 0 Å². The van der Waals surface area contributed by atoms with Crippen LogP contribution in [0.3, 0.4) is 0 Å². The van der Waals surface area contributed by atoms with E-state index in [1.165, 1.54) is 6.08 Å². The minimum atomic E-state index is -4.46. The number of allylic oxidation sites excluding steroid dienone is 1. The molecule has 2 aromatic rings. The smallest absolute Gasteiger partial charge is 0.298 e. The van der Waals surface area contributed by atoms with Crippen LogP contribution in [0.1, 0.15) is 16.7 Å². The Balaban J connectivity index is 2.39. The zero-order valence-electron chi connectivity index (χ0n) is 11.0. The average Bonchev–Trinajstić information content (AvgIpc) is 2.45. The van der Waals surface area contributed by atoms with Crippen LogP contribution in [0.4, 0.5) is 22.0 Å². The Hall–Kier alpha value is -2.50. The summed E-state index contributed by atoms with van der Waals surface area (Å²) in [6, 6.07) is 6.74. The summed E-state index contributed by atoms with van der Waals surface area (Å²) in [5.74, 6) is -1.72. The SMILES string of the molecule is O=CC(=Cc1ccc(C(F)(F)F)cc1)c1ccc(F)cc1F. The Labute approximate surface area is 122 Å². The lowest BCUT2D eigenvalue weighted by atomic mass is 10.0. The summed E-state index contributed by atoms with van der Waals surface area (Å²) in [7, 11) is 0. The van der Waals surface area contributed by atoms with Gasteiger partial charge in [0, 0.05) is 17.2 Å². The molecule has 0 saturated carbocycles. The third-order valence-corrected chi connectivity index (χ3v) is 2.93. The average molecular weight is 312 g/mol. The van der Waals surface area contributed by atoms with Crippen LogP contribution in [-0.4, -0.2) is 6.29 Å². The van der Waals surface area contributed by atoms with Gasteiger partial charge in [0.05, 0.1) is 5.56 Å². The van der Waals surface area contributed by atoms with Crippen molar-refractivity contribution < 1.29 is 26.7 Å². The summed E-state index contributed by atoms with van der Waals surface area (Å²) in [6.45, 7) is 0. The lowest BCUT2D eigenvalue weighted by Crippen LogP contribution is -2.04. The molecule has 0 aliphatic rings. The monoisotopic (exact) mass is 312 g/mol. The molecule has 0 bridgehead atoms. The zero-order chi connectivity index (χ0) is 16.3. The highest BCUT2D eigenvalue weighted by Crippen LogP contribution is 2.29. The van der Waals surface area contributed by atoms with E-state index in [4.69, 9.17) is 0 Å². The van der Waals surface area contributed by atoms with Crippen LogP contribution in [0.2, 0.25) is 0 Å². The van der Waals surface area contributed by atoms with Gasteiger partial charge < -0.3 is 0 Å². The first-order valence-electron chi connectivity index (χ1n) is 6.11. The van der Waals surface area contributed by atoms with Gasteiger partial charge in [-0.2, -0.15) is 13.2 Å². The first-order chi connectivity index (χ1) is 10.3. The molecule has 0 radical (unpaired) electrons. The summed E-state index contributed by atoms with van der Waals surface area (Å²) in [5, 5.41) is 0. The molecule has 22 heavy (non-hydrogen) atoms. The number of benzene rings is 2. The maximum atomic E-state index is 13.6. The van der Waals surface area contributed by atoms with Crippen LogP contribution >= 0.6 is 0 Å². The predicted octanol–water partition coefficient (Wildman–Crippen LogP) is 4.72. The Kier molecular flexibility index (Phi) is 4.40. The van der Waals surface area contributed by atoms with Gasteiger partial charge in [0.1, 0.15) is 11.6 Å². The fourth-order valence-corrected chi connectivity index (χ4v) is 1.85. The largest absolute Gasteiger partial charge is 0.416 e. The molecule has 0 aliphatic heterocycles. The topological polar surface area (TPSA) is 17.1 Å². The number of alkyl halides is 3. The first kappa shape index (κ1) is 15.9. The summed E-state index contributed by atoms with van der Waals surface area (Å²) in [5.41, 5.74) is -0.766. The number of carbonyl (C=O) groups is 1. The highest BCUT2D eigenvalue weighted by atomic mass is 19.4. The Bertz CT molecular complexity index is 714. The quantitative estimate of drug-likeness (QED) is 0.347. The maximum absolute atomic E-state index is 13.6. The fourth-order valence-electron chi connectivity index (χ4n) is 1.85. The van der Waals surface area contributed by atoms with Crippen molar-refractivity contribution in [2.45, 2.75) is 6.18 Å². The van der Waals surface area contributed by atoms with Crippen molar-refractivity contribution in [1.82, 2.24) is 0 Å². The molecule has 114 valence electrons. The van der Waals surface area contributed by atoms with E-state index in [0.29, 0.717) is 17.9 Å². The molecule has 2 rings (SSSR count). The second kappa shape index (κ2) is 6.09. The van der Waals surface area contributed by atoms with Gasteiger partial charge >= 0.3 is 6.18 Å². The third-order valence-electron chi connectivity index (χ3n) is 2.93. The molecule has 0 aliphatic carbocycles. The number of hydrogen-bond acceptors (Lipinski definition) is 1. The molecule has 0 saturated heterocycles. The van der Waals surface area contributed by atoms with E-state index in [1.807, 2.05) is 0 Å². The number of rotatable bonds is 3. The molecular formula is C16H9F5O. The van der Waals surface area contributed by atoms with Crippen molar-refractivity contribution in [3.05, 3.63) is 70.8 Å². The molecule has 0 amide bonds. The molecule has 0 heterocycles. The van der Waals surface area contributed by atoms with Crippen molar-refractivity contribution in [2.24, 2.45) is 0 Å². The van der Waals surface area contributed by atoms with Crippen LogP contribution in [-0.2, 0) is 11.0 Å². The van der Waals surface area contributed by atoms with E-state index in [2.05, 4.69) is 0 Å². The summed E-state index contributed by atoms with van der Waals surface area (Å²) in [4.78, 5) is 11.1. The van der Waals surface area contributed by atoms with E-state index < -0.39 is 23.4 Å². The molecule has 0 aromatic heterocycles. The first-order valence-corrected chi connectivity index (χ1v) is 6.11. The van der Waals surface area contributed by atoms with E-state index in [0.717, 1.165) is 36.4 Å². The maximum Gasteiger partial charge on any atom is 0.416 e. The van der Waals surface area contributed by atoms with Gasteiger partial charge in [-0.25, -0.2) is 8.78 Å². The fraction of sp³-hybridized carbons (Fsp3) is 0.0625. The Morgan fingerprint density at radius 3 is 2.09 bits per heavy atom. The molecule has 2 aromatic carbocycles. The normalized spacial score (nSPS) is 12.3. The highest BCUT2D eigenvalue weighted by molar-refractivity contribution is 6.13. The highest BCUT2D eigenvalue weighted by Gasteiger charge is 2.29. The summed E-state index contributed by atoms with van der Waals surface area (Å²) >= 11 is 0. The van der Waals surface area contributed by atoms with Crippen molar-refractivity contribution >= 4 is 17.9 Å². The van der Waals surface area contributed by atoms with Gasteiger partial charge in [0.25, 0.3) is 0 Å². The summed E-state index contributed by atoms with van der Waals surface area (Å²) < 4.78 is 63.8. The van der Waals surface area contributed by atoms with E-state index in [-0.39, 0.29) is 11.1 Å². The molecule has 6 heteroatoms. The van der Waals surface area contributed by atoms with Crippen LogP contribution < -0.4 is 0 Å². The van der Waals surface area contributed by atoms with E-state index in [1.54, 1.807) is 0 Å². The van der Waals surface area contributed by atoms with E-state index >= 15 is 0 Å². The number of halogens is 5. The van der Waals surface area contributed by atoms with Crippen molar-refractivity contribution in [3.63, 3.8) is 0 Å². The lowest BCUT2D eigenvalue weighted by Gasteiger charge is -2.07. The number of hydrogen-bond donors (Lipinski definition) is 0. The van der Waals surface area contributed by atoms with Crippen LogP contribution in [0.15, 0.2) is 42.5 Å². The number of carbonyl (C=O) groups excluding carboxylic acids is 1. The van der Waals surface area contributed by atoms with Gasteiger partial charge in [-0.05, 0) is 35.9 Å². The predicted molar refractivity (Wildman–Crippen MR) is 71.7 cm³/mol. The zero-order valence-corrected chi connectivity index (χ0v) is 11.0. The molecule has 0 fully saturated rings. The molecule has 0 N–H and O–H groups in total. The molecule has 0 atom stereocenters. The molecule has 0 spiro atoms. The van der Waals surface area contributed by atoms with E-state index in [9.17, 15) is 26.7 Å². The number of aldehydes is 1. The van der Waals surface area contributed by atoms with Gasteiger partial charge in [-0.3, -0.25) is 4.79 Å². The van der Waals surface area contributed by atoms with Gasteiger partial charge in [0.2, 0.25) is 0 Å². The van der Waals surface area contributed by atoms with Crippen LogP contribution in [0, 0.1) is 11.6 Å². The lowest BCUT2D eigenvalue weighted by molar-refractivity contribution is -0.137. The molecule has 0 unspecified atom stereocenters. The molecular weight excluding hydrogens is 303 g/mol. The molecule has 1 nitrogen and oxygen atoms in total. The Morgan fingerprint density at radius 1 is 0.955 bits per heavy atom. The van der Waals surface area contributed by atoms with Crippen molar-refractivity contribution in [2.75, 3.05) is 0 Å². The minimum absolute atomic E-state index is 0.0998. The minimum Gasteiger partial charge on any atom is -0.298 e. The standard InChI is InChI=1S/C16H9F5O/c17-13-5-6-14(15(18)8-13)11(9-22)7-10-1-3-12(4-2-10)16(19,20)21/h1-9H. The van der Waals surface area contributed by atoms with Gasteiger partial charge in [-0.15, -0.1) is 0 Å². The van der Waals surface area contributed by atoms with Gasteiger partial charge in [-0.1, -0.05) is 12.1 Å². The Morgan fingerprint density at radius 2 is 1.59 bits per heavy atom. The summed E-state index contributed by atoms with van der Waals surface area (Å²) in [6.07, 6.45) is -2.88. The van der Waals surface area contributed by atoms with Crippen LogP contribution in [0.5, 0.6) is 0 Å². The second-order valence-electron chi connectivity index (χ2n) is 4.46. The van der Waals surface area contributed by atoms with Gasteiger partial charge in [0.15, 0.2) is 6.29 Å². The van der Waals surface area contributed by atoms with Crippen molar-refractivity contribution in [3.8, 4) is 0 Å². The second-order valence-corrected chi connectivity index (χ2v) is 4.46.